The zero-order valence-corrected chi connectivity index (χ0v) is 13.0. The summed E-state index contributed by atoms with van der Waals surface area (Å²) in [6.45, 7) is 3.91. The van der Waals surface area contributed by atoms with Crippen LogP contribution in [0.2, 0.25) is 4.34 Å². The van der Waals surface area contributed by atoms with Crippen LogP contribution < -0.4 is 5.43 Å². The number of carbonyl (C=O) groups is 1. The SMILES string of the molecule is CCc1cc(C(=O)NN=C(C)c2ccc(Cl)s2)cs1. The van der Waals surface area contributed by atoms with E-state index in [-0.39, 0.29) is 5.91 Å². The smallest absolute Gasteiger partial charge is 0.267 e. The fourth-order valence-electron chi connectivity index (χ4n) is 1.45. The van der Waals surface area contributed by atoms with Crippen molar-refractivity contribution in [3.05, 3.63) is 43.2 Å². The van der Waals surface area contributed by atoms with Crippen molar-refractivity contribution in [1.29, 1.82) is 0 Å². The fourth-order valence-corrected chi connectivity index (χ4v) is 3.25. The number of thiophene rings is 2. The molecule has 1 N–H and O–H groups in total. The molecule has 0 bridgehead atoms. The molecule has 2 heterocycles. The van der Waals surface area contributed by atoms with Gasteiger partial charge in [-0.05, 0) is 31.5 Å². The average molecular weight is 313 g/mol. The van der Waals surface area contributed by atoms with Gasteiger partial charge in [0.25, 0.3) is 5.91 Å². The van der Waals surface area contributed by atoms with E-state index in [1.54, 1.807) is 11.3 Å². The first kappa shape index (κ1) is 14.2. The largest absolute Gasteiger partial charge is 0.272 e. The third-order valence-corrected chi connectivity index (χ3v) is 4.94. The molecule has 0 aliphatic carbocycles. The number of amides is 1. The summed E-state index contributed by atoms with van der Waals surface area (Å²) in [7, 11) is 0. The van der Waals surface area contributed by atoms with Gasteiger partial charge in [-0.3, -0.25) is 4.79 Å². The molecule has 2 aromatic heterocycles. The van der Waals surface area contributed by atoms with Crippen LogP contribution in [-0.2, 0) is 6.42 Å². The van der Waals surface area contributed by atoms with Gasteiger partial charge in [-0.25, -0.2) is 5.43 Å². The molecule has 0 aromatic carbocycles. The molecule has 0 atom stereocenters. The Kier molecular flexibility index (Phi) is 4.74. The summed E-state index contributed by atoms with van der Waals surface area (Å²) < 4.78 is 0.710. The zero-order chi connectivity index (χ0) is 13.8. The molecule has 2 rings (SSSR count). The summed E-state index contributed by atoms with van der Waals surface area (Å²) in [4.78, 5) is 14.0. The lowest BCUT2D eigenvalue weighted by atomic mass is 10.3. The Morgan fingerprint density at radius 1 is 1.47 bits per heavy atom. The topological polar surface area (TPSA) is 41.5 Å². The number of rotatable bonds is 4. The van der Waals surface area contributed by atoms with E-state index < -0.39 is 0 Å². The van der Waals surface area contributed by atoms with Gasteiger partial charge in [0.05, 0.1) is 20.5 Å². The molecule has 2 aromatic rings. The quantitative estimate of drug-likeness (QED) is 0.668. The maximum absolute atomic E-state index is 11.9. The Morgan fingerprint density at radius 3 is 2.84 bits per heavy atom. The van der Waals surface area contributed by atoms with E-state index in [9.17, 15) is 4.79 Å². The molecule has 0 spiro atoms. The lowest BCUT2D eigenvalue weighted by molar-refractivity contribution is 0.0955. The second-order valence-corrected chi connectivity index (χ2v) is 6.61. The monoisotopic (exact) mass is 312 g/mol. The van der Waals surface area contributed by atoms with E-state index in [1.807, 2.05) is 30.5 Å². The Balaban J connectivity index is 2.03. The van der Waals surface area contributed by atoms with Crippen molar-refractivity contribution in [2.24, 2.45) is 5.10 Å². The minimum Gasteiger partial charge on any atom is -0.267 e. The minimum atomic E-state index is -0.182. The molecule has 0 saturated heterocycles. The number of hydrazone groups is 1. The van der Waals surface area contributed by atoms with Crippen molar-refractivity contribution >= 4 is 45.9 Å². The van der Waals surface area contributed by atoms with Gasteiger partial charge in [-0.1, -0.05) is 18.5 Å². The van der Waals surface area contributed by atoms with E-state index in [1.165, 1.54) is 16.2 Å². The fraction of sp³-hybridized carbons (Fsp3) is 0.231. The third kappa shape index (κ3) is 3.65. The van der Waals surface area contributed by atoms with Gasteiger partial charge in [0.1, 0.15) is 0 Å². The molecule has 0 saturated carbocycles. The molecule has 0 unspecified atom stereocenters. The molecule has 6 heteroatoms. The van der Waals surface area contributed by atoms with E-state index in [0.29, 0.717) is 9.90 Å². The molecule has 3 nitrogen and oxygen atoms in total. The Bertz CT molecular complexity index is 616. The van der Waals surface area contributed by atoms with Crippen LogP contribution in [-0.4, -0.2) is 11.6 Å². The standard InChI is InChI=1S/C13H13ClN2OS2/c1-3-10-6-9(7-18-10)13(17)16-15-8(2)11-4-5-12(14)19-11/h4-7H,3H2,1-2H3,(H,16,17). The number of halogens is 1. The predicted molar refractivity (Wildman–Crippen MR) is 82.7 cm³/mol. The van der Waals surface area contributed by atoms with Crippen LogP contribution in [0.5, 0.6) is 0 Å². The maximum atomic E-state index is 11.9. The number of hydrogen-bond acceptors (Lipinski definition) is 4. The zero-order valence-electron chi connectivity index (χ0n) is 10.6. The molecular weight excluding hydrogens is 300 g/mol. The van der Waals surface area contributed by atoms with E-state index in [4.69, 9.17) is 11.6 Å². The van der Waals surface area contributed by atoms with Gasteiger partial charge < -0.3 is 0 Å². The van der Waals surface area contributed by atoms with Gasteiger partial charge in [0.15, 0.2) is 0 Å². The molecule has 0 fully saturated rings. The van der Waals surface area contributed by atoms with Crippen molar-refractivity contribution in [1.82, 2.24) is 5.43 Å². The van der Waals surface area contributed by atoms with Gasteiger partial charge in [0.2, 0.25) is 0 Å². The Hall–Kier alpha value is -1.17. The molecule has 0 aliphatic heterocycles. The second-order valence-electron chi connectivity index (χ2n) is 3.90. The summed E-state index contributed by atoms with van der Waals surface area (Å²) in [6.07, 6.45) is 0.938. The number of nitrogens with one attached hydrogen (secondary N) is 1. The third-order valence-electron chi connectivity index (χ3n) is 2.52. The first-order chi connectivity index (χ1) is 9.10. The average Bonchev–Trinajstić information content (AvgIpc) is 3.04. The molecule has 100 valence electrons. The first-order valence-electron chi connectivity index (χ1n) is 5.78. The van der Waals surface area contributed by atoms with Gasteiger partial charge in [-0.15, -0.1) is 22.7 Å². The molecule has 19 heavy (non-hydrogen) atoms. The van der Waals surface area contributed by atoms with Crippen LogP contribution in [0, 0.1) is 0 Å². The lowest BCUT2D eigenvalue weighted by Crippen LogP contribution is -2.18. The molecular formula is C13H13ClN2OS2. The Labute approximate surface area is 124 Å². The Morgan fingerprint density at radius 2 is 2.26 bits per heavy atom. The van der Waals surface area contributed by atoms with Crippen LogP contribution in [0.1, 0.15) is 34.0 Å². The van der Waals surface area contributed by atoms with Crippen LogP contribution in [0.25, 0.3) is 0 Å². The number of aryl methyl sites for hydroxylation is 1. The van der Waals surface area contributed by atoms with E-state index in [0.717, 1.165) is 17.0 Å². The van der Waals surface area contributed by atoms with E-state index in [2.05, 4.69) is 17.5 Å². The van der Waals surface area contributed by atoms with Gasteiger partial charge in [0, 0.05) is 10.3 Å². The summed E-state index contributed by atoms with van der Waals surface area (Å²) in [6, 6.07) is 5.60. The number of carbonyl (C=O) groups excluding carboxylic acids is 1. The minimum absolute atomic E-state index is 0.182. The normalized spacial score (nSPS) is 11.6. The summed E-state index contributed by atoms with van der Waals surface area (Å²) in [5, 5.41) is 5.94. The van der Waals surface area contributed by atoms with Crippen LogP contribution >= 0.6 is 34.3 Å². The summed E-state index contributed by atoms with van der Waals surface area (Å²) in [5.41, 5.74) is 3.96. The van der Waals surface area contributed by atoms with E-state index >= 15 is 0 Å². The van der Waals surface area contributed by atoms with Crippen molar-refractivity contribution in [2.75, 3.05) is 0 Å². The predicted octanol–water partition coefficient (Wildman–Crippen LogP) is 4.18. The van der Waals surface area contributed by atoms with Crippen LogP contribution in [0.4, 0.5) is 0 Å². The lowest BCUT2D eigenvalue weighted by Gasteiger charge is -1.99. The van der Waals surface area contributed by atoms with Crippen LogP contribution in [0.15, 0.2) is 28.7 Å². The summed E-state index contributed by atoms with van der Waals surface area (Å²) >= 11 is 8.88. The molecule has 0 radical (unpaired) electrons. The molecule has 1 amide bonds. The van der Waals surface area contributed by atoms with Crippen LogP contribution in [0.3, 0.4) is 0 Å². The maximum Gasteiger partial charge on any atom is 0.272 e. The highest BCUT2D eigenvalue weighted by Crippen LogP contribution is 2.21. The number of nitrogens with zero attached hydrogens (tertiary/aromatic N) is 1. The van der Waals surface area contributed by atoms with Crippen molar-refractivity contribution in [3.63, 3.8) is 0 Å². The first-order valence-corrected chi connectivity index (χ1v) is 7.85. The van der Waals surface area contributed by atoms with Crippen molar-refractivity contribution < 1.29 is 4.79 Å². The van der Waals surface area contributed by atoms with Crippen molar-refractivity contribution in [2.45, 2.75) is 20.3 Å². The summed E-state index contributed by atoms with van der Waals surface area (Å²) in [5.74, 6) is -0.182. The highest BCUT2D eigenvalue weighted by atomic mass is 35.5. The highest BCUT2D eigenvalue weighted by Gasteiger charge is 2.08. The molecule has 0 aliphatic rings. The highest BCUT2D eigenvalue weighted by molar-refractivity contribution is 7.18. The number of hydrogen-bond donors (Lipinski definition) is 1. The second kappa shape index (κ2) is 6.32. The van der Waals surface area contributed by atoms with Gasteiger partial charge in [-0.2, -0.15) is 5.10 Å². The van der Waals surface area contributed by atoms with Gasteiger partial charge >= 0.3 is 0 Å². The van der Waals surface area contributed by atoms with Crippen molar-refractivity contribution in [3.8, 4) is 0 Å².